The molecule has 0 N–H and O–H groups in total. The summed E-state index contributed by atoms with van der Waals surface area (Å²) in [6.07, 6.45) is 0. The molecule has 0 atom stereocenters. The van der Waals surface area contributed by atoms with Crippen LogP contribution in [0.5, 0.6) is 0 Å². The lowest BCUT2D eigenvalue weighted by Crippen LogP contribution is -2.55. The van der Waals surface area contributed by atoms with E-state index in [0.717, 1.165) is 0 Å². The summed E-state index contributed by atoms with van der Waals surface area (Å²) in [6, 6.07) is 26.4. The second-order valence-electron chi connectivity index (χ2n) is 4.81. The Bertz CT molecular complexity index is 693. The Labute approximate surface area is 173 Å². The number of benzene rings is 3. The second-order valence-corrected chi connectivity index (χ2v) is 10.7. The third-order valence-corrected chi connectivity index (χ3v) is 10.7. The van der Waals surface area contributed by atoms with Gasteiger partial charge in [0.2, 0.25) is 0 Å². The maximum absolute atomic E-state index is 2.47. The largest absolute Gasteiger partial charge is 0.158 e. The number of halogens is 3. The maximum Gasteiger partial charge on any atom is 0.158 e. The summed E-state index contributed by atoms with van der Waals surface area (Å²) in [5.74, 6) is 0. The molecule has 0 fully saturated rings. The normalized spacial score (nSPS) is 10.9. The molecule has 3 aromatic rings. The molecule has 4 heteroatoms. The van der Waals surface area contributed by atoms with E-state index < -0.39 is 8.80 Å². The van der Waals surface area contributed by atoms with Crippen molar-refractivity contribution in [3.63, 3.8) is 0 Å². The summed E-state index contributed by atoms with van der Waals surface area (Å²) in [7, 11) is -0.990. The molecule has 0 aliphatic rings. The smallest absolute Gasteiger partial charge is 0.0623 e. The van der Waals surface area contributed by atoms with Crippen LogP contribution in [0.3, 0.4) is 0 Å². The van der Waals surface area contributed by atoms with Crippen LogP contribution in [0.1, 0.15) is 0 Å². The molecule has 3 rings (SSSR count). The zero-order chi connectivity index (χ0) is 15.5. The zero-order valence-corrected chi connectivity index (χ0v) is 19.0. The second kappa shape index (κ2) is 7.76. The first-order valence-electron chi connectivity index (χ1n) is 6.80. The van der Waals surface area contributed by atoms with E-state index in [0.29, 0.717) is 0 Å². The molecule has 0 nitrogen and oxygen atoms in total. The molecule has 3 aromatic carbocycles. The highest BCUT2D eigenvalue weighted by Crippen LogP contribution is 2.10. The van der Waals surface area contributed by atoms with Crippen molar-refractivity contribution in [3.05, 3.63) is 83.5 Å². The van der Waals surface area contributed by atoms with Gasteiger partial charge in [-0.2, -0.15) is 0 Å². The Kier molecular flexibility index (Phi) is 5.96. The Hall–Kier alpha value is 0.0669. The van der Waals surface area contributed by atoms with Crippen LogP contribution in [0.15, 0.2) is 72.8 Å². The molecule has 0 heterocycles. The Morgan fingerprint density at radius 1 is 0.455 bits per heavy atom. The molecule has 0 unspecified atom stereocenters. The standard InChI is InChI=1S/C18H12I3Si/c19-13-7-1-4-10-16(13)22(17-11-5-2-8-14(17)20)18-12-6-3-9-15(18)21/h1-12H. The van der Waals surface area contributed by atoms with Gasteiger partial charge in [-0.15, -0.1) is 0 Å². The van der Waals surface area contributed by atoms with Crippen molar-refractivity contribution in [1.29, 1.82) is 0 Å². The molecule has 0 saturated carbocycles. The van der Waals surface area contributed by atoms with E-state index in [2.05, 4.69) is 141 Å². The fourth-order valence-corrected chi connectivity index (χ4v) is 8.64. The van der Waals surface area contributed by atoms with E-state index in [9.17, 15) is 0 Å². The van der Waals surface area contributed by atoms with E-state index >= 15 is 0 Å². The van der Waals surface area contributed by atoms with E-state index in [1.807, 2.05) is 0 Å². The summed E-state index contributed by atoms with van der Waals surface area (Å²) < 4.78 is 4.06. The van der Waals surface area contributed by atoms with Crippen LogP contribution in [0, 0.1) is 10.7 Å². The molecular weight excluding hydrogens is 625 g/mol. The lowest BCUT2D eigenvalue weighted by Gasteiger charge is -2.20. The van der Waals surface area contributed by atoms with Crippen molar-refractivity contribution < 1.29 is 0 Å². The van der Waals surface area contributed by atoms with Gasteiger partial charge in [-0.25, -0.2) is 0 Å². The first-order chi connectivity index (χ1) is 10.7. The topological polar surface area (TPSA) is 0 Å². The van der Waals surface area contributed by atoms with Crippen LogP contribution in [-0.2, 0) is 0 Å². The molecule has 0 saturated heterocycles. The highest BCUT2D eigenvalue weighted by molar-refractivity contribution is 14.1. The molecule has 0 aromatic heterocycles. The quantitative estimate of drug-likeness (QED) is 0.232. The van der Waals surface area contributed by atoms with Gasteiger partial charge in [0.05, 0.1) is 0 Å². The van der Waals surface area contributed by atoms with Crippen molar-refractivity contribution in [3.8, 4) is 0 Å². The Morgan fingerprint density at radius 3 is 1.00 bits per heavy atom. The van der Waals surface area contributed by atoms with Crippen LogP contribution in [0.4, 0.5) is 0 Å². The van der Waals surface area contributed by atoms with Crippen LogP contribution in [0.25, 0.3) is 0 Å². The molecule has 1 radical (unpaired) electrons. The molecule has 0 aliphatic carbocycles. The Morgan fingerprint density at radius 2 is 0.727 bits per heavy atom. The third-order valence-electron chi connectivity index (χ3n) is 3.43. The zero-order valence-electron chi connectivity index (χ0n) is 11.6. The molecule has 109 valence electrons. The van der Waals surface area contributed by atoms with Crippen molar-refractivity contribution in [2.24, 2.45) is 0 Å². The van der Waals surface area contributed by atoms with Gasteiger partial charge in [0, 0.05) is 10.7 Å². The van der Waals surface area contributed by atoms with Crippen molar-refractivity contribution in [2.75, 3.05) is 0 Å². The minimum Gasteiger partial charge on any atom is -0.0623 e. The van der Waals surface area contributed by atoms with Gasteiger partial charge in [0.15, 0.2) is 8.80 Å². The van der Waals surface area contributed by atoms with E-state index in [1.165, 1.54) is 26.3 Å². The van der Waals surface area contributed by atoms with Crippen LogP contribution < -0.4 is 15.6 Å². The lowest BCUT2D eigenvalue weighted by atomic mass is 10.3. The summed E-state index contributed by atoms with van der Waals surface area (Å²) in [5.41, 5.74) is 0. The van der Waals surface area contributed by atoms with Gasteiger partial charge < -0.3 is 0 Å². The number of hydrogen-bond donors (Lipinski definition) is 0. The van der Waals surface area contributed by atoms with Crippen molar-refractivity contribution in [2.45, 2.75) is 0 Å². The lowest BCUT2D eigenvalue weighted by molar-refractivity contribution is 1.64. The van der Waals surface area contributed by atoms with Gasteiger partial charge in [0.25, 0.3) is 0 Å². The highest BCUT2D eigenvalue weighted by Gasteiger charge is 2.25. The van der Waals surface area contributed by atoms with Crippen LogP contribution in [0.2, 0.25) is 0 Å². The fourth-order valence-electron chi connectivity index (χ4n) is 2.43. The van der Waals surface area contributed by atoms with E-state index in [4.69, 9.17) is 0 Å². The molecule has 0 bridgehead atoms. The highest BCUT2D eigenvalue weighted by atomic mass is 127. The monoisotopic (exact) mass is 637 g/mol. The average molecular weight is 637 g/mol. The van der Waals surface area contributed by atoms with Gasteiger partial charge in [-0.1, -0.05) is 54.6 Å². The summed E-state index contributed by atoms with van der Waals surface area (Å²) in [5, 5.41) is 4.42. The van der Waals surface area contributed by atoms with Gasteiger partial charge in [0.1, 0.15) is 0 Å². The van der Waals surface area contributed by atoms with E-state index in [-0.39, 0.29) is 0 Å². The molecule has 0 spiro atoms. The third kappa shape index (κ3) is 3.59. The van der Waals surface area contributed by atoms with Gasteiger partial charge in [-0.05, 0) is 102 Å². The van der Waals surface area contributed by atoms with Crippen LogP contribution >= 0.6 is 67.8 Å². The summed E-state index contributed by atoms with van der Waals surface area (Å²) in [4.78, 5) is 0. The fraction of sp³-hybridized carbons (Fsp3) is 0. The predicted octanol–water partition coefficient (Wildman–Crippen LogP) is 4.02. The van der Waals surface area contributed by atoms with Gasteiger partial charge >= 0.3 is 0 Å². The van der Waals surface area contributed by atoms with Gasteiger partial charge in [-0.3, -0.25) is 0 Å². The van der Waals surface area contributed by atoms with Crippen molar-refractivity contribution in [1.82, 2.24) is 0 Å². The molecular formula is C18H12I3Si. The average Bonchev–Trinajstić information content (AvgIpc) is 2.53. The summed E-state index contributed by atoms with van der Waals surface area (Å²) >= 11 is 7.42. The SMILES string of the molecule is Ic1ccccc1[Si](c1ccccc1I)c1ccccc1I. The van der Waals surface area contributed by atoms with Crippen LogP contribution in [-0.4, -0.2) is 8.80 Å². The molecule has 0 amide bonds. The number of rotatable bonds is 3. The predicted molar refractivity (Wildman–Crippen MR) is 122 cm³/mol. The first kappa shape index (κ1) is 16.9. The number of hydrogen-bond acceptors (Lipinski definition) is 0. The summed E-state index contributed by atoms with van der Waals surface area (Å²) in [6.45, 7) is 0. The minimum absolute atomic E-state index is 0.990. The molecule has 22 heavy (non-hydrogen) atoms. The van der Waals surface area contributed by atoms with Crippen molar-refractivity contribution >= 4 is 92.1 Å². The first-order valence-corrected chi connectivity index (χ1v) is 11.5. The minimum atomic E-state index is -0.990. The molecule has 0 aliphatic heterocycles. The van der Waals surface area contributed by atoms with E-state index in [1.54, 1.807) is 0 Å². The maximum atomic E-state index is 2.47. The Balaban J connectivity index is 2.27.